The third-order valence-corrected chi connectivity index (χ3v) is 4.29. The fraction of sp³-hybridized carbons (Fsp3) is 0.200. The summed E-state index contributed by atoms with van der Waals surface area (Å²) in [5.74, 6) is 0.399. The highest BCUT2D eigenvalue weighted by Gasteiger charge is 2.12. The van der Waals surface area contributed by atoms with Crippen molar-refractivity contribution in [2.75, 3.05) is 6.61 Å². The Morgan fingerprint density at radius 1 is 1.16 bits per heavy atom. The Kier molecular flexibility index (Phi) is 4.91. The van der Waals surface area contributed by atoms with Gasteiger partial charge in [-0.1, -0.05) is 18.5 Å². The van der Waals surface area contributed by atoms with Gasteiger partial charge in [0.15, 0.2) is 12.4 Å². The Hall–Kier alpha value is -2.59. The molecule has 0 aliphatic heterocycles. The summed E-state index contributed by atoms with van der Waals surface area (Å²) in [4.78, 5) is 23.8. The van der Waals surface area contributed by atoms with Gasteiger partial charge in [0.2, 0.25) is 0 Å². The molecule has 0 saturated heterocycles. The first kappa shape index (κ1) is 17.2. The molecule has 25 heavy (non-hydrogen) atoms. The summed E-state index contributed by atoms with van der Waals surface area (Å²) in [6.07, 6.45) is 0.735. The van der Waals surface area contributed by atoms with Gasteiger partial charge in [-0.2, -0.15) is 0 Å². The van der Waals surface area contributed by atoms with Crippen LogP contribution in [0.5, 0.6) is 5.75 Å². The molecule has 4 nitrogen and oxygen atoms in total. The Morgan fingerprint density at radius 2 is 1.88 bits per heavy atom. The molecule has 0 amide bonds. The fourth-order valence-corrected chi connectivity index (χ4v) is 2.79. The molecule has 0 unspecified atom stereocenters. The smallest absolute Gasteiger partial charge is 0.336 e. The van der Waals surface area contributed by atoms with Gasteiger partial charge in [0, 0.05) is 28.1 Å². The summed E-state index contributed by atoms with van der Waals surface area (Å²) < 4.78 is 11.0. The number of ketones is 1. The van der Waals surface area contributed by atoms with Crippen molar-refractivity contribution in [1.82, 2.24) is 0 Å². The first-order chi connectivity index (χ1) is 12.0. The Balaban J connectivity index is 1.88. The minimum absolute atomic E-state index is 0.101. The van der Waals surface area contributed by atoms with Crippen LogP contribution in [-0.2, 0) is 6.42 Å². The van der Waals surface area contributed by atoms with Crippen LogP contribution in [-0.4, -0.2) is 12.4 Å². The van der Waals surface area contributed by atoms with E-state index in [9.17, 15) is 9.59 Å². The number of benzene rings is 2. The van der Waals surface area contributed by atoms with Crippen LogP contribution in [0.25, 0.3) is 11.0 Å². The van der Waals surface area contributed by atoms with E-state index in [2.05, 4.69) is 0 Å². The van der Waals surface area contributed by atoms with Gasteiger partial charge >= 0.3 is 5.63 Å². The number of aryl methyl sites for hydroxylation is 2. The van der Waals surface area contributed by atoms with E-state index in [0.717, 1.165) is 22.9 Å². The molecule has 3 aromatic rings. The number of hydrogen-bond donors (Lipinski definition) is 0. The van der Waals surface area contributed by atoms with Crippen LogP contribution in [0, 0.1) is 6.92 Å². The maximum atomic E-state index is 12.3. The molecule has 0 fully saturated rings. The average Bonchev–Trinajstić information content (AvgIpc) is 2.59. The molecule has 1 heterocycles. The first-order valence-corrected chi connectivity index (χ1v) is 8.34. The SMILES string of the molecule is CCc1cc2c(C)cc(=O)oc2cc1OCC(=O)c1ccc(Cl)cc1. The topological polar surface area (TPSA) is 56.5 Å². The van der Waals surface area contributed by atoms with Gasteiger partial charge in [-0.3, -0.25) is 4.79 Å². The zero-order chi connectivity index (χ0) is 18.0. The Morgan fingerprint density at radius 3 is 2.56 bits per heavy atom. The Labute approximate surface area is 150 Å². The van der Waals surface area contributed by atoms with E-state index in [1.165, 1.54) is 6.07 Å². The molecule has 2 aromatic carbocycles. The van der Waals surface area contributed by atoms with Crippen molar-refractivity contribution in [3.63, 3.8) is 0 Å². The van der Waals surface area contributed by atoms with E-state index in [-0.39, 0.29) is 12.4 Å². The van der Waals surface area contributed by atoms with Crippen molar-refractivity contribution < 1.29 is 13.9 Å². The second kappa shape index (κ2) is 7.11. The molecule has 0 N–H and O–H groups in total. The second-order valence-electron chi connectivity index (χ2n) is 5.78. The normalized spacial score (nSPS) is 10.8. The van der Waals surface area contributed by atoms with E-state index in [1.807, 2.05) is 19.9 Å². The minimum atomic E-state index is -0.405. The van der Waals surface area contributed by atoms with Crippen LogP contribution < -0.4 is 10.4 Å². The quantitative estimate of drug-likeness (QED) is 0.496. The molecular weight excluding hydrogens is 340 g/mol. The maximum absolute atomic E-state index is 12.3. The molecule has 0 saturated carbocycles. The molecule has 0 bridgehead atoms. The molecule has 3 rings (SSSR count). The van der Waals surface area contributed by atoms with Crippen LogP contribution in [0.1, 0.15) is 28.4 Å². The zero-order valence-corrected chi connectivity index (χ0v) is 14.7. The summed E-state index contributed by atoms with van der Waals surface area (Å²) in [5.41, 5.74) is 2.39. The number of fused-ring (bicyclic) bond motifs is 1. The van der Waals surface area contributed by atoms with Crippen molar-refractivity contribution in [3.05, 3.63) is 74.6 Å². The van der Waals surface area contributed by atoms with E-state index in [1.54, 1.807) is 30.3 Å². The highest BCUT2D eigenvalue weighted by atomic mass is 35.5. The number of halogens is 1. The highest BCUT2D eigenvalue weighted by molar-refractivity contribution is 6.30. The van der Waals surface area contributed by atoms with Gasteiger partial charge in [0.25, 0.3) is 0 Å². The predicted octanol–water partition coefficient (Wildman–Crippen LogP) is 4.58. The van der Waals surface area contributed by atoms with Crippen LogP contribution in [0.3, 0.4) is 0 Å². The van der Waals surface area contributed by atoms with Gasteiger partial charge in [0.05, 0.1) is 0 Å². The van der Waals surface area contributed by atoms with E-state index >= 15 is 0 Å². The zero-order valence-electron chi connectivity index (χ0n) is 14.0. The van der Waals surface area contributed by atoms with Crippen LogP contribution in [0.15, 0.2) is 51.7 Å². The molecule has 1 aromatic heterocycles. The molecule has 0 aliphatic carbocycles. The number of Topliss-reactive ketones (excluding diaryl/α,β-unsaturated/α-hetero) is 1. The lowest BCUT2D eigenvalue weighted by Crippen LogP contribution is -2.12. The number of rotatable bonds is 5. The molecular formula is C20H17ClO4. The highest BCUT2D eigenvalue weighted by Crippen LogP contribution is 2.28. The van der Waals surface area contributed by atoms with Crippen molar-refractivity contribution >= 4 is 28.4 Å². The standard InChI is InChI=1S/C20H17ClO4/c1-3-13-9-16-12(2)8-20(23)25-19(16)10-18(13)24-11-17(22)14-4-6-15(21)7-5-14/h4-10H,3,11H2,1-2H3. The van der Waals surface area contributed by atoms with Gasteiger partial charge in [-0.15, -0.1) is 0 Å². The van der Waals surface area contributed by atoms with Gasteiger partial charge in [-0.05, 0) is 54.8 Å². The monoisotopic (exact) mass is 356 g/mol. The lowest BCUT2D eigenvalue weighted by atomic mass is 10.1. The Bertz CT molecular complexity index is 987. The summed E-state index contributed by atoms with van der Waals surface area (Å²) in [6, 6.07) is 11.7. The van der Waals surface area contributed by atoms with Crippen LogP contribution in [0.4, 0.5) is 0 Å². The number of ether oxygens (including phenoxy) is 1. The third-order valence-electron chi connectivity index (χ3n) is 4.04. The fourth-order valence-electron chi connectivity index (χ4n) is 2.66. The summed E-state index contributed by atoms with van der Waals surface area (Å²) in [5, 5.41) is 1.44. The summed E-state index contributed by atoms with van der Waals surface area (Å²) >= 11 is 5.83. The maximum Gasteiger partial charge on any atom is 0.336 e. The lowest BCUT2D eigenvalue weighted by Gasteiger charge is -2.12. The molecule has 5 heteroatoms. The molecule has 0 atom stereocenters. The number of hydrogen-bond acceptors (Lipinski definition) is 4. The molecule has 0 radical (unpaired) electrons. The average molecular weight is 357 g/mol. The third kappa shape index (κ3) is 3.74. The van der Waals surface area contributed by atoms with Gasteiger partial charge in [-0.25, -0.2) is 4.79 Å². The largest absolute Gasteiger partial charge is 0.485 e. The minimum Gasteiger partial charge on any atom is -0.485 e. The summed E-state index contributed by atoms with van der Waals surface area (Å²) in [6.45, 7) is 3.77. The van der Waals surface area contributed by atoms with Crippen molar-refractivity contribution in [3.8, 4) is 5.75 Å². The molecule has 0 aliphatic rings. The number of carbonyl (C=O) groups excluding carboxylic acids is 1. The van der Waals surface area contributed by atoms with Crippen molar-refractivity contribution in [1.29, 1.82) is 0 Å². The number of carbonyl (C=O) groups is 1. The molecule has 128 valence electrons. The predicted molar refractivity (Wildman–Crippen MR) is 97.9 cm³/mol. The van der Waals surface area contributed by atoms with Crippen LogP contribution >= 0.6 is 11.6 Å². The van der Waals surface area contributed by atoms with E-state index < -0.39 is 5.63 Å². The van der Waals surface area contributed by atoms with Gasteiger partial charge in [0.1, 0.15) is 11.3 Å². The summed E-state index contributed by atoms with van der Waals surface area (Å²) in [7, 11) is 0. The van der Waals surface area contributed by atoms with Crippen molar-refractivity contribution in [2.24, 2.45) is 0 Å². The van der Waals surface area contributed by atoms with Crippen LogP contribution in [0.2, 0.25) is 5.02 Å². The van der Waals surface area contributed by atoms with Crippen molar-refractivity contribution in [2.45, 2.75) is 20.3 Å². The second-order valence-corrected chi connectivity index (χ2v) is 6.21. The lowest BCUT2D eigenvalue weighted by molar-refractivity contribution is 0.0921. The molecule has 0 spiro atoms. The van der Waals surface area contributed by atoms with E-state index in [4.69, 9.17) is 20.8 Å². The van der Waals surface area contributed by atoms with Gasteiger partial charge < -0.3 is 9.15 Å². The first-order valence-electron chi connectivity index (χ1n) is 7.97. The van der Waals surface area contributed by atoms with E-state index in [0.29, 0.717) is 21.9 Å².